The van der Waals surface area contributed by atoms with Crippen LogP contribution in [0.25, 0.3) is 0 Å². The van der Waals surface area contributed by atoms with E-state index in [4.69, 9.17) is 0 Å². The van der Waals surface area contributed by atoms with Crippen LogP contribution in [0.15, 0.2) is 18.2 Å². The molecule has 0 aliphatic carbocycles. The molecule has 5 heteroatoms. The van der Waals surface area contributed by atoms with E-state index in [9.17, 15) is 9.59 Å². The van der Waals surface area contributed by atoms with Crippen molar-refractivity contribution in [3.05, 3.63) is 29.3 Å². The number of carbonyl (C=O) groups excluding carboxylic acids is 2. The SMILES string of the molecule is CCN1CCN(C(=O)Cc2ccc3c(c2)CC(=O)N3)CC1. The summed E-state index contributed by atoms with van der Waals surface area (Å²) in [4.78, 5) is 28.0. The lowest BCUT2D eigenvalue weighted by atomic mass is 10.1. The molecule has 2 aliphatic rings. The van der Waals surface area contributed by atoms with Crippen molar-refractivity contribution in [2.75, 3.05) is 38.0 Å². The van der Waals surface area contributed by atoms with E-state index in [1.807, 2.05) is 23.1 Å². The Labute approximate surface area is 124 Å². The molecule has 0 unspecified atom stereocenters. The zero-order valence-corrected chi connectivity index (χ0v) is 12.4. The normalized spacial score (nSPS) is 18.5. The minimum absolute atomic E-state index is 0.0316. The molecule has 1 aromatic rings. The van der Waals surface area contributed by atoms with Gasteiger partial charge in [-0.1, -0.05) is 19.1 Å². The number of hydrogen-bond donors (Lipinski definition) is 1. The van der Waals surface area contributed by atoms with E-state index >= 15 is 0 Å². The summed E-state index contributed by atoms with van der Waals surface area (Å²) in [7, 11) is 0. The minimum Gasteiger partial charge on any atom is -0.340 e. The zero-order valence-electron chi connectivity index (χ0n) is 12.4. The number of carbonyl (C=O) groups is 2. The molecule has 0 atom stereocenters. The van der Waals surface area contributed by atoms with Crippen LogP contribution in [0.1, 0.15) is 18.1 Å². The Morgan fingerprint density at radius 2 is 2.00 bits per heavy atom. The Morgan fingerprint density at radius 1 is 1.24 bits per heavy atom. The summed E-state index contributed by atoms with van der Waals surface area (Å²) in [5.74, 6) is 0.215. The monoisotopic (exact) mass is 287 g/mol. The van der Waals surface area contributed by atoms with Gasteiger partial charge < -0.3 is 15.1 Å². The number of piperazine rings is 1. The number of hydrogen-bond acceptors (Lipinski definition) is 3. The van der Waals surface area contributed by atoms with E-state index in [1.54, 1.807) is 0 Å². The molecule has 5 nitrogen and oxygen atoms in total. The van der Waals surface area contributed by atoms with Gasteiger partial charge in [-0.3, -0.25) is 9.59 Å². The summed E-state index contributed by atoms with van der Waals surface area (Å²) >= 11 is 0. The van der Waals surface area contributed by atoms with Crippen molar-refractivity contribution >= 4 is 17.5 Å². The summed E-state index contributed by atoms with van der Waals surface area (Å²) < 4.78 is 0. The number of likely N-dealkylation sites (N-methyl/N-ethyl adjacent to an activating group) is 1. The molecule has 1 N–H and O–H groups in total. The lowest BCUT2D eigenvalue weighted by Gasteiger charge is -2.34. The van der Waals surface area contributed by atoms with Gasteiger partial charge in [0.25, 0.3) is 0 Å². The number of rotatable bonds is 3. The van der Waals surface area contributed by atoms with Crippen LogP contribution in [0.2, 0.25) is 0 Å². The number of anilines is 1. The maximum Gasteiger partial charge on any atom is 0.228 e. The van der Waals surface area contributed by atoms with Gasteiger partial charge in [-0.15, -0.1) is 0 Å². The fourth-order valence-electron chi connectivity index (χ4n) is 2.99. The lowest BCUT2D eigenvalue weighted by Crippen LogP contribution is -2.48. The number of nitrogens with zero attached hydrogens (tertiary/aromatic N) is 2. The van der Waals surface area contributed by atoms with Crippen molar-refractivity contribution in [3.8, 4) is 0 Å². The molecular formula is C16H21N3O2. The van der Waals surface area contributed by atoms with E-state index < -0.39 is 0 Å². The van der Waals surface area contributed by atoms with Gasteiger partial charge in [-0.25, -0.2) is 0 Å². The molecule has 3 rings (SSSR count). The molecule has 0 spiro atoms. The fraction of sp³-hybridized carbons (Fsp3) is 0.500. The molecule has 1 saturated heterocycles. The van der Waals surface area contributed by atoms with Gasteiger partial charge in [0.05, 0.1) is 12.8 Å². The molecule has 2 amide bonds. The van der Waals surface area contributed by atoms with Crippen LogP contribution in [0, 0.1) is 0 Å². The second-order valence-electron chi connectivity index (χ2n) is 5.71. The summed E-state index contributed by atoms with van der Waals surface area (Å²) in [6.07, 6.45) is 0.847. The molecule has 0 bridgehead atoms. The standard InChI is InChI=1S/C16H21N3O2/c1-2-18-5-7-19(8-6-18)16(21)10-12-3-4-14-13(9-12)11-15(20)17-14/h3-4,9H,2,5-8,10-11H2,1H3,(H,17,20). The van der Waals surface area contributed by atoms with E-state index in [1.165, 1.54) is 0 Å². The van der Waals surface area contributed by atoms with E-state index in [0.717, 1.165) is 49.5 Å². The predicted octanol–water partition coefficient (Wildman–Crippen LogP) is 0.888. The van der Waals surface area contributed by atoms with Crippen LogP contribution in [-0.4, -0.2) is 54.3 Å². The average Bonchev–Trinajstić information content (AvgIpc) is 2.86. The first-order valence-electron chi connectivity index (χ1n) is 7.57. The van der Waals surface area contributed by atoms with Crippen molar-refractivity contribution in [1.82, 2.24) is 9.80 Å². The average molecular weight is 287 g/mol. The number of fused-ring (bicyclic) bond motifs is 1. The van der Waals surface area contributed by atoms with Crippen LogP contribution in [0.4, 0.5) is 5.69 Å². The molecule has 21 heavy (non-hydrogen) atoms. The second kappa shape index (κ2) is 5.85. The highest BCUT2D eigenvalue weighted by Gasteiger charge is 2.22. The molecule has 0 saturated carbocycles. The van der Waals surface area contributed by atoms with Crippen molar-refractivity contribution < 1.29 is 9.59 Å². The lowest BCUT2D eigenvalue weighted by molar-refractivity contribution is -0.132. The molecule has 112 valence electrons. The molecule has 1 fully saturated rings. The molecule has 1 aromatic carbocycles. The summed E-state index contributed by atoms with van der Waals surface area (Å²) in [5.41, 5.74) is 2.88. The summed E-state index contributed by atoms with van der Waals surface area (Å²) in [6.45, 7) is 6.76. The summed E-state index contributed by atoms with van der Waals surface area (Å²) in [6, 6.07) is 5.82. The van der Waals surface area contributed by atoms with Gasteiger partial charge in [-0.05, 0) is 23.7 Å². The highest BCUT2D eigenvalue weighted by atomic mass is 16.2. The third kappa shape index (κ3) is 3.08. The van der Waals surface area contributed by atoms with Gasteiger partial charge in [0, 0.05) is 31.9 Å². The zero-order chi connectivity index (χ0) is 14.8. The van der Waals surface area contributed by atoms with Crippen LogP contribution in [0.5, 0.6) is 0 Å². The van der Waals surface area contributed by atoms with Crippen molar-refractivity contribution in [2.24, 2.45) is 0 Å². The largest absolute Gasteiger partial charge is 0.340 e. The second-order valence-corrected chi connectivity index (χ2v) is 5.71. The maximum absolute atomic E-state index is 12.4. The molecule has 0 aromatic heterocycles. The van der Waals surface area contributed by atoms with E-state index in [2.05, 4.69) is 17.1 Å². The Balaban J connectivity index is 1.61. The van der Waals surface area contributed by atoms with Gasteiger partial charge in [0.2, 0.25) is 11.8 Å². The summed E-state index contributed by atoms with van der Waals surface area (Å²) in [5, 5.41) is 2.81. The van der Waals surface area contributed by atoms with E-state index in [0.29, 0.717) is 12.8 Å². The third-order valence-electron chi connectivity index (χ3n) is 4.32. The van der Waals surface area contributed by atoms with Crippen molar-refractivity contribution in [3.63, 3.8) is 0 Å². The molecular weight excluding hydrogens is 266 g/mol. The first-order chi connectivity index (χ1) is 10.2. The highest BCUT2D eigenvalue weighted by molar-refractivity contribution is 5.99. The minimum atomic E-state index is 0.0316. The Bertz CT molecular complexity index is 563. The highest BCUT2D eigenvalue weighted by Crippen LogP contribution is 2.24. The van der Waals surface area contributed by atoms with Crippen LogP contribution in [-0.2, 0) is 22.4 Å². The van der Waals surface area contributed by atoms with Crippen LogP contribution < -0.4 is 5.32 Å². The Kier molecular flexibility index (Phi) is 3.92. The molecule has 2 heterocycles. The number of benzene rings is 1. The predicted molar refractivity (Wildman–Crippen MR) is 81.2 cm³/mol. The number of nitrogens with one attached hydrogen (secondary N) is 1. The van der Waals surface area contributed by atoms with Crippen molar-refractivity contribution in [1.29, 1.82) is 0 Å². The Hall–Kier alpha value is -1.88. The van der Waals surface area contributed by atoms with Gasteiger partial charge in [0.1, 0.15) is 0 Å². The first-order valence-corrected chi connectivity index (χ1v) is 7.57. The van der Waals surface area contributed by atoms with Gasteiger partial charge in [-0.2, -0.15) is 0 Å². The topological polar surface area (TPSA) is 52.7 Å². The van der Waals surface area contributed by atoms with Gasteiger partial charge in [0.15, 0.2) is 0 Å². The quantitative estimate of drug-likeness (QED) is 0.898. The maximum atomic E-state index is 12.4. The van der Waals surface area contributed by atoms with Crippen LogP contribution >= 0.6 is 0 Å². The van der Waals surface area contributed by atoms with Crippen molar-refractivity contribution in [2.45, 2.75) is 19.8 Å². The first kappa shape index (κ1) is 14.1. The van der Waals surface area contributed by atoms with Crippen LogP contribution in [0.3, 0.4) is 0 Å². The van der Waals surface area contributed by atoms with Gasteiger partial charge >= 0.3 is 0 Å². The fourth-order valence-corrected chi connectivity index (χ4v) is 2.99. The van der Waals surface area contributed by atoms with E-state index in [-0.39, 0.29) is 11.8 Å². The number of amides is 2. The Morgan fingerprint density at radius 3 is 2.71 bits per heavy atom. The molecule has 0 radical (unpaired) electrons. The smallest absolute Gasteiger partial charge is 0.228 e. The third-order valence-corrected chi connectivity index (χ3v) is 4.32. The molecule has 2 aliphatic heterocycles.